The van der Waals surface area contributed by atoms with Crippen molar-refractivity contribution < 1.29 is 0 Å². The predicted octanol–water partition coefficient (Wildman–Crippen LogP) is 3.79. The molecule has 1 aliphatic rings. The fourth-order valence-electron chi connectivity index (χ4n) is 3.37. The van der Waals surface area contributed by atoms with Gasteiger partial charge in [0, 0.05) is 47.0 Å². The van der Waals surface area contributed by atoms with Crippen molar-refractivity contribution in [2.75, 3.05) is 12.8 Å². The molecule has 0 unspecified atom stereocenters. The SMILES string of the molecule is CN=Cc1cc(-c2ncc3cc(C4CC(C)(C#N)C4)sc3n2)cnc1N. The van der Waals surface area contributed by atoms with Gasteiger partial charge in [-0.2, -0.15) is 5.26 Å². The van der Waals surface area contributed by atoms with Crippen LogP contribution in [0.15, 0.2) is 29.5 Å². The molecule has 130 valence electrons. The van der Waals surface area contributed by atoms with Crippen LogP contribution in [0.3, 0.4) is 0 Å². The standard InChI is InChI=1S/C19H18N6S/c1-19(10-20)5-14(6-19)15-4-13-9-24-17(25-18(13)26-15)12-3-11(7-22-2)16(21)23-8-12/h3-4,7-9,14H,5-6H2,1-2H3,(H2,21,23). The van der Waals surface area contributed by atoms with Crippen LogP contribution < -0.4 is 5.73 Å². The minimum atomic E-state index is -0.176. The second kappa shape index (κ2) is 6.15. The van der Waals surface area contributed by atoms with Crippen molar-refractivity contribution in [3.8, 4) is 17.5 Å². The van der Waals surface area contributed by atoms with E-state index in [-0.39, 0.29) is 5.41 Å². The molecular weight excluding hydrogens is 344 g/mol. The lowest BCUT2D eigenvalue weighted by atomic mass is 9.64. The number of aromatic nitrogens is 3. The Kier molecular flexibility index (Phi) is 3.93. The van der Waals surface area contributed by atoms with Gasteiger partial charge < -0.3 is 5.73 Å². The Hall–Kier alpha value is -2.85. The molecule has 7 heteroatoms. The molecule has 3 aromatic heterocycles. The van der Waals surface area contributed by atoms with Crippen LogP contribution in [0.5, 0.6) is 0 Å². The molecule has 1 aliphatic carbocycles. The number of nitrogens with two attached hydrogens (primary N) is 1. The number of anilines is 1. The summed E-state index contributed by atoms with van der Waals surface area (Å²) in [7, 11) is 1.69. The average Bonchev–Trinajstić information content (AvgIpc) is 3.03. The Bertz CT molecular complexity index is 1060. The molecule has 3 aromatic rings. The first-order chi connectivity index (χ1) is 12.5. The number of rotatable bonds is 3. The largest absolute Gasteiger partial charge is 0.383 e. The molecule has 6 nitrogen and oxygen atoms in total. The Labute approximate surface area is 155 Å². The second-order valence-electron chi connectivity index (χ2n) is 6.97. The smallest absolute Gasteiger partial charge is 0.162 e. The van der Waals surface area contributed by atoms with E-state index >= 15 is 0 Å². The molecule has 0 bridgehead atoms. The molecule has 0 atom stereocenters. The Morgan fingerprint density at radius 2 is 2.15 bits per heavy atom. The number of aliphatic imine (C=N–C) groups is 1. The summed E-state index contributed by atoms with van der Waals surface area (Å²) < 4.78 is 0. The third-order valence-corrected chi connectivity index (χ3v) is 6.04. The van der Waals surface area contributed by atoms with Crippen LogP contribution in [0.25, 0.3) is 21.6 Å². The molecule has 0 amide bonds. The minimum Gasteiger partial charge on any atom is -0.383 e. The number of thiophene rings is 1. The first-order valence-electron chi connectivity index (χ1n) is 8.37. The number of pyridine rings is 1. The molecule has 3 heterocycles. The Morgan fingerprint density at radius 1 is 1.35 bits per heavy atom. The maximum absolute atomic E-state index is 9.20. The highest BCUT2D eigenvalue weighted by atomic mass is 32.1. The number of nitriles is 1. The van der Waals surface area contributed by atoms with Crippen molar-refractivity contribution in [3.63, 3.8) is 0 Å². The van der Waals surface area contributed by atoms with E-state index in [0.717, 1.165) is 34.2 Å². The molecule has 0 saturated heterocycles. The van der Waals surface area contributed by atoms with Crippen LogP contribution in [0.2, 0.25) is 0 Å². The summed E-state index contributed by atoms with van der Waals surface area (Å²) in [5.41, 5.74) is 7.26. The highest BCUT2D eigenvalue weighted by Crippen LogP contribution is 2.52. The van der Waals surface area contributed by atoms with E-state index in [9.17, 15) is 5.26 Å². The summed E-state index contributed by atoms with van der Waals surface area (Å²) in [5, 5.41) is 10.2. The minimum absolute atomic E-state index is 0.176. The van der Waals surface area contributed by atoms with E-state index in [0.29, 0.717) is 17.6 Å². The molecule has 2 N–H and O–H groups in total. The molecule has 26 heavy (non-hydrogen) atoms. The molecule has 1 fully saturated rings. The summed E-state index contributed by atoms with van der Waals surface area (Å²) >= 11 is 1.69. The molecular formula is C19H18N6S. The fourth-order valence-corrected chi connectivity index (χ4v) is 4.47. The van der Waals surface area contributed by atoms with Gasteiger partial charge in [-0.15, -0.1) is 11.3 Å². The van der Waals surface area contributed by atoms with Gasteiger partial charge in [0.25, 0.3) is 0 Å². The lowest BCUT2D eigenvalue weighted by molar-refractivity contribution is 0.202. The normalized spacial score (nSPS) is 22.4. The van der Waals surface area contributed by atoms with Gasteiger partial charge in [-0.05, 0) is 37.8 Å². The van der Waals surface area contributed by atoms with E-state index in [4.69, 9.17) is 10.7 Å². The number of fused-ring (bicyclic) bond motifs is 1. The van der Waals surface area contributed by atoms with Gasteiger partial charge in [-0.1, -0.05) is 0 Å². The predicted molar refractivity (Wildman–Crippen MR) is 104 cm³/mol. The van der Waals surface area contributed by atoms with Gasteiger partial charge in [0.2, 0.25) is 0 Å². The van der Waals surface area contributed by atoms with E-state index < -0.39 is 0 Å². The van der Waals surface area contributed by atoms with Crippen molar-refractivity contribution in [3.05, 3.63) is 35.0 Å². The van der Waals surface area contributed by atoms with Gasteiger partial charge in [0.05, 0.1) is 11.5 Å². The molecule has 4 rings (SSSR count). The quantitative estimate of drug-likeness (QED) is 0.714. The Balaban J connectivity index is 1.67. The van der Waals surface area contributed by atoms with E-state index in [2.05, 4.69) is 27.1 Å². The number of nitrogen functional groups attached to an aromatic ring is 1. The van der Waals surface area contributed by atoms with Crippen LogP contribution in [-0.4, -0.2) is 28.2 Å². The second-order valence-corrected chi connectivity index (χ2v) is 8.03. The topological polar surface area (TPSA) is 101 Å². The fraction of sp³-hybridized carbons (Fsp3) is 0.316. The molecule has 1 saturated carbocycles. The highest BCUT2D eigenvalue weighted by Gasteiger charge is 2.41. The number of hydrogen-bond donors (Lipinski definition) is 1. The summed E-state index contributed by atoms with van der Waals surface area (Å²) in [6, 6.07) is 6.46. The summed E-state index contributed by atoms with van der Waals surface area (Å²) in [4.78, 5) is 19.7. The van der Waals surface area contributed by atoms with Crippen molar-refractivity contribution in [2.45, 2.75) is 25.7 Å². The molecule has 0 spiro atoms. The van der Waals surface area contributed by atoms with Gasteiger partial charge in [-0.3, -0.25) is 4.99 Å². The van der Waals surface area contributed by atoms with Gasteiger partial charge in [0.15, 0.2) is 5.82 Å². The molecule has 0 aliphatic heterocycles. The van der Waals surface area contributed by atoms with Crippen molar-refractivity contribution >= 4 is 33.6 Å². The average molecular weight is 362 g/mol. The van der Waals surface area contributed by atoms with Gasteiger partial charge >= 0.3 is 0 Å². The maximum Gasteiger partial charge on any atom is 0.162 e. The molecule has 0 aromatic carbocycles. The van der Waals surface area contributed by atoms with Crippen molar-refractivity contribution in [2.24, 2.45) is 10.4 Å². The van der Waals surface area contributed by atoms with E-state index in [1.54, 1.807) is 30.8 Å². The highest BCUT2D eigenvalue weighted by molar-refractivity contribution is 7.18. The maximum atomic E-state index is 9.20. The zero-order chi connectivity index (χ0) is 18.3. The van der Waals surface area contributed by atoms with Crippen LogP contribution in [-0.2, 0) is 0 Å². The van der Waals surface area contributed by atoms with Gasteiger partial charge in [-0.25, -0.2) is 15.0 Å². The van der Waals surface area contributed by atoms with Crippen molar-refractivity contribution in [1.82, 2.24) is 15.0 Å². The lowest BCUT2D eigenvalue weighted by Crippen LogP contribution is -2.30. The lowest BCUT2D eigenvalue weighted by Gasteiger charge is -2.39. The van der Waals surface area contributed by atoms with Crippen LogP contribution >= 0.6 is 11.3 Å². The van der Waals surface area contributed by atoms with Gasteiger partial charge in [0.1, 0.15) is 10.6 Å². The molecule has 0 radical (unpaired) electrons. The third-order valence-electron chi connectivity index (χ3n) is 4.83. The zero-order valence-electron chi connectivity index (χ0n) is 14.6. The number of hydrogen-bond acceptors (Lipinski definition) is 7. The first-order valence-corrected chi connectivity index (χ1v) is 9.19. The van der Waals surface area contributed by atoms with Crippen molar-refractivity contribution in [1.29, 1.82) is 5.26 Å². The van der Waals surface area contributed by atoms with Crippen LogP contribution in [0.4, 0.5) is 5.82 Å². The summed E-state index contributed by atoms with van der Waals surface area (Å²) in [6.07, 6.45) is 7.04. The summed E-state index contributed by atoms with van der Waals surface area (Å²) in [5.74, 6) is 1.51. The zero-order valence-corrected chi connectivity index (χ0v) is 15.4. The number of nitrogens with zero attached hydrogens (tertiary/aromatic N) is 5. The van der Waals surface area contributed by atoms with Crippen LogP contribution in [0.1, 0.15) is 36.1 Å². The summed E-state index contributed by atoms with van der Waals surface area (Å²) in [6.45, 7) is 2.03. The monoisotopic (exact) mass is 362 g/mol. The Morgan fingerprint density at radius 3 is 2.88 bits per heavy atom. The van der Waals surface area contributed by atoms with Crippen LogP contribution in [0, 0.1) is 16.7 Å². The van der Waals surface area contributed by atoms with E-state index in [1.807, 2.05) is 19.2 Å². The first kappa shape index (κ1) is 16.6. The van der Waals surface area contributed by atoms with E-state index in [1.165, 1.54) is 4.88 Å². The third kappa shape index (κ3) is 2.82.